The second-order valence-electron chi connectivity index (χ2n) is 10.9. The normalized spacial score (nSPS) is 21.5. The SMILES string of the molecule is O=C1c2sc(-c3nc(Nc4ccc(N5CCNCC5)cc4C4CC4)ncc3C(F)(F)F)cc2S(=O)CCN1C1CC1. The number of piperazine rings is 1. The number of anilines is 3. The molecule has 0 spiro atoms. The molecule has 216 valence electrons. The van der Waals surface area contributed by atoms with Gasteiger partial charge >= 0.3 is 6.18 Å². The maximum Gasteiger partial charge on any atom is 0.420 e. The van der Waals surface area contributed by atoms with Crippen LogP contribution in [0.3, 0.4) is 0 Å². The number of hydrogen-bond donors (Lipinski definition) is 2. The van der Waals surface area contributed by atoms with Crippen LogP contribution in [0, 0.1) is 0 Å². The van der Waals surface area contributed by atoms with Crippen molar-refractivity contribution in [3.8, 4) is 10.6 Å². The van der Waals surface area contributed by atoms with Gasteiger partial charge in [0.05, 0.1) is 26.3 Å². The molecule has 1 amide bonds. The van der Waals surface area contributed by atoms with Gasteiger partial charge in [-0.2, -0.15) is 13.2 Å². The molecule has 0 bridgehead atoms. The van der Waals surface area contributed by atoms with Gasteiger partial charge in [-0.25, -0.2) is 9.97 Å². The molecule has 1 saturated heterocycles. The maximum atomic E-state index is 14.1. The average molecular weight is 603 g/mol. The smallest absolute Gasteiger partial charge is 0.369 e. The van der Waals surface area contributed by atoms with Gasteiger partial charge in [0.1, 0.15) is 10.4 Å². The summed E-state index contributed by atoms with van der Waals surface area (Å²) in [5.74, 6) is 0.435. The second-order valence-corrected chi connectivity index (χ2v) is 13.5. The molecule has 1 atom stereocenters. The van der Waals surface area contributed by atoms with Crippen molar-refractivity contribution in [2.75, 3.05) is 48.7 Å². The number of fused-ring (bicyclic) bond motifs is 1. The Balaban J connectivity index is 1.24. The van der Waals surface area contributed by atoms with Gasteiger partial charge in [-0.15, -0.1) is 11.3 Å². The largest absolute Gasteiger partial charge is 0.420 e. The summed E-state index contributed by atoms with van der Waals surface area (Å²) in [7, 11) is -1.49. The lowest BCUT2D eigenvalue weighted by molar-refractivity contribution is -0.137. The highest BCUT2D eigenvalue weighted by atomic mass is 32.2. The second kappa shape index (κ2) is 10.4. The van der Waals surface area contributed by atoms with E-state index >= 15 is 0 Å². The lowest BCUT2D eigenvalue weighted by atomic mass is 10.1. The lowest BCUT2D eigenvalue weighted by Gasteiger charge is -2.30. The molecule has 7 rings (SSSR count). The van der Waals surface area contributed by atoms with Gasteiger partial charge in [0.15, 0.2) is 0 Å². The summed E-state index contributed by atoms with van der Waals surface area (Å²) in [6.07, 6.45) is -0.0150. The minimum atomic E-state index is -4.71. The van der Waals surface area contributed by atoms with E-state index in [9.17, 15) is 22.2 Å². The zero-order valence-electron chi connectivity index (χ0n) is 22.2. The summed E-state index contributed by atoms with van der Waals surface area (Å²) in [6, 6.07) is 7.71. The van der Waals surface area contributed by atoms with Crippen LogP contribution in [-0.4, -0.2) is 69.5 Å². The van der Waals surface area contributed by atoms with Crippen LogP contribution >= 0.6 is 11.3 Å². The molecule has 0 radical (unpaired) electrons. The average Bonchev–Trinajstić information content (AvgIpc) is 3.90. The highest BCUT2D eigenvalue weighted by Crippen LogP contribution is 2.46. The molecule has 1 aromatic carbocycles. The van der Waals surface area contributed by atoms with Crippen LogP contribution in [0.1, 0.15) is 52.4 Å². The molecule has 8 nitrogen and oxygen atoms in total. The van der Waals surface area contributed by atoms with Gasteiger partial charge < -0.3 is 20.4 Å². The van der Waals surface area contributed by atoms with Crippen LogP contribution in [0.5, 0.6) is 0 Å². The molecule has 2 N–H and O–H groups in total. The third-order valence-corrected chi connectivity index (χ3v) is 10.6. The number of rotatable bonds is 6. The monoisotopic (exact) mass is 602 g/mol. The predicted molar refractivity (Wildman–Crippen MR) is 152 cm³/mol. The molecule has 13 heteroatoms. The summed E-state index contributed by atoms with van der Waals surface area (Å²) in [5.41, 5.74) is 1.70. The Hall–Kier alpha value is -3.03. The Morgan fingerprint density at radius 3 is 2.56 bits per heavy atom. The van der Waals surface area contributed by atoms with Crippen molar-refractivity contribution < 1.29 is 22.2 Å². The first-order chi connectivity index (χ1) is 19.8. The molecule has 2 aliphatic carbocycles. The van der Waals surface area contributed by atoms with Gasteiger partial charge in [0.25, 0.3) is 5.91 Å². The van der Waals surface area contributed by atoms with E-state index in [4.69, 9.17) is 0 Å². The first-order valence-corrected chi connectivity index (χ1v) is 16.0. The van der Waals surface area contributed by atoms with Crippen LogP contribution in [0.2, 0.25) is 0 Å². The first-order valence-electron chi connectivity index (χ1n) is 13.9. The Labute approximate surface area is 241 Å². The van der Waals surface area contributed by atoms with Crippen molar-refractivity contribution in [2.45, 2.75) is 48.7 Å². The number of amides is 1. The highest BCUT2D eigenvalue weighted by molar-refractivity contribution is 7.85. The Morgan fingerprint density at radius 2 is 1.85 bits per heavy atom. The van der Waals surface area contributed by atoms with Crippen LogP contribution in [0.15, 0.2) is 35.4 Å². The number of benzene rings is 1. The number of carbonyl (C=O) groups is 1. The Morgan fingerprint density at radius 1 is 1.07 bits per heavy atom. The van der Waals surface area contributed by atoms with Crippen molar-refractivity contribution in [1.82, 2.24) is 20.2 Å². The van der Waals surface area contributed by atoms with Crippen LogP contribution in [0.4, 0.5) is 30.5 Å². The van der Waals surface area contributed by atoms with Crippen LogP contribution in [-0.2, 0) is 17.0 Å². The fourth-order valence-corrected chi connectivity index (χ4v) is 8.16. The third-order valence-electron chi connectivity index (χ3n) is 8.01. The lowest BCUT2D eigenvalue weighted by Crippen LogP contribution is -2.43. The van der Waals surface area contributed by atoms with Crippen molar-refractivity contribution in [1.29, 1.82) is 0 Å². The Kier molecular flexibility index (Phi) is 6.78. The molecular formula is C28H29F3N6O2S2. The van der Waals surface area contributed by atoms with Gasteiger partial charge in [-0.3, -0.25) is 9.00 Å². The predicted octanol–water partition coefficient (Wildman–Crippen LogP) is 4.98. The van der Waals surface area contributed by atoms with Gasteiger partial charge in [0.2, 0.25) is 5.95 Å². The molecule has 4 aliphatic rings. The third kappa shape index (κ3) is 5.35. The van der Waals surface area contributed by atoms with E-state index in [2.05, 4.69) is 31.6 Å². The number of carbonyl (C=O) groups excluding carboxylic acids is 1. The topological polar surface area (TPSA) is 90.5 Å². The van der Waals surface area contributed by atoms with E-state index in [1.54, 1.807) is 4.90 Å². The minimum Gasteiger partial charge on any atom is -0.369 e. The van der Waals surface area contributed by atoms with E-state index in [1.807, 2.05) is 12.1 Å². The fourth-order valence-electron chi connectivity index (χ4n) is 5.54. The van der Waals surface area contributed by atoms with E-state index in [1.165, 1.54) is 6.07 Å². The van der Waals surface area contributed by atoms with E-state index in [0.29, 0.717) is 17.4 Å². The molecule has 41 heavy (non-hydrogen) atoms. The summed E-state index contributed by atoms with van der Waals surface area (Å²) in [4.78, 5) is 26.4. The van der Waals surface area contributed by atoms with Crippen molar-refractivity contribution in [3.63, 3.8) is 0 Å². The summed E-state index contributed by atoms with van der Waals surface area (Å²) >= 11 is 0.931. The van der Waals surface area contributed by atoms with E-state index < -0.39 is 22.5 Å². The summed E-state index contributed by atoms with van der Waals surface area (Å²) in [5, 5.41) is 6.54. The molecule has 2 aromatic heterocycles. The zero-order valence-corrected chi connectivity index (χ0v) is 23.8. The maximum absolute atomic E-state index is 14.1. The van der Waals surface area contributed by atoms with E-state index in [0.717, 1.165) is 86.3 Å². The van der Waals surface area contributed by atoms with Gasteiger partial charge in [-0.1, -0.05) is 0 Å². The van der Waals surface area contributed by atoms with Crippen LogP contribution in [0.25, 0.3) is 10.6 Å². The number of thiophene rings is 1. The molecule has 3 aromatic rings. The molecule has 3 fully saturated rings. The minimum absolute atomic E-state index is 0.0421. The first kappa shape index (κ1) is 26.8. The number of alkyl halides is 3. The molecule has 1 unspecified atom stereocenters. The van der Waals surface area contributed by atoms with Crippen molar-refractivity contribution in [2.24, 2.45) is 0 Å². The highest BCUT2D eigenvalue weighted by Gasteiger charge is 2.40. The van der Waals surface area contributed by atoms with Crippen LogP contribution < -0.4 is 15.5 Å². The van der Waals surface area contributed by atoms with Gasteiger partial charge in [-0.05, 0) is 61.4 Å². The number of halogens is 3. The van der Waals surface area contributed by atoms with E-state index in [-0.39, 0.29) is 39.1 Å². The quantitative estimate of drug-likeness (QED) is 0.411. The molecule has 2 aliphatic heterocycles. The van der Waals surface area contributed by atoms with Gasteiger partial charge in [0, 0.05) is 62.1 Å². The summed E-state index contributed by atoms with van der Waals surface area (Å²) in [6.45, 7) is 4.06. The number of aromatic nitrogens is 2. The molecule has 2 saturated carbocycles. The molecule has 4 heterocycles. The number of nitrogens with one attached hydrogen (secondary N) is 2. The summed E-state index contributed by atoms with van der Waals surface area (Å²) < 4.78 is 55.4. The fraction of sp³-hybridized carbons (Fsp3) is 0.464. The number of hydrogen-bond acceptors (Lipinski definition) is 8. The zero-order chi connectivity index (χ0) is 28.3. The Bertz CT molecular complexity index is 1530. The van der Waals surface area contributed by atoms with Crippen molar-refractivity contribution in [3.05, 3.63) is 46.5 Å². The molecular weight excluding hydrogens is 573 g/mol. The standard InChI is InChI=1S/C28H29F3N6O2S2/c29-28(30,31)20-15-33-27(34-21-6-5-18(13-19(21)16-1-2-16)36-9-7-32-8-10-36)35-24(20)22-14-23-25(40-22)26(38)37(17-3-4-17)11-12-41(23)39/h5-6,13-17,32H,1-4,7-12H2,(H,33,34,35). The van der Waals surface area contributed by atoms with Crippen molar-refractivity contribution >= 4 is 45.4 Å². The number of nitrogens with zero attached hydrogens (tertiary/aromatic N) is 4.